The van der Waals surface area contributed by atoms with E-state index >= 15 is 0 Å². The van der Waals surface area contributed by atoms with Gasteiger partial charge in [-0.05, 0) is 57.9 Å². The van der Waals surface area contributed by atoms with Gasteiger partial charge in [-0.3, -0.25) is 4.79 Å². The molecule has 0 aliphatic carbocycles. The second-order valence-electron chi connectivity index (χ2n) is 8.21. The van der Waals surface area contributed by atoms with Gasteiger partial charge in [0.25, 0.3) is 0 Å². The number of benzene rings is 1. The van der Waals surface area contributed by atoms with Crippen molar-refractivity contribution >= 4 is 22.4 Å². The van der Waals surface area contributed by atoms with E-state index in [9.17, 15) is 18.0 Å². The highest BCUT2D eigenvalue weighted by Gasteiger charge is 2.29. The molecule has 1 amide bonds. The van der Waals surface area contributed by atoms with Crippen molar-refractivity contribution in [1.29, 1.82) is 0 Å². The third-order valence-corrected chi connectivity index (χ3v) is 6.16. The number of likely N-dealkylation sites (tertiary alicyclic amines) is 1. The van der Waals surface area contributed by atoms with Gasteiger partial charge in [0.1, 0.15) is 11.4 Å². The third kappa shape index (κ3) is 5.48. The Kier molecular flexibility index (Phi) is 6.33. The minimum absolute atomic E-state index is 0.110. The highest BCUT2D eigenvalue weighted by molar-refractivity contribution is 7.89. The molecule has 0 unspecified atom stereocenters. The number of carbonyl (C=O) groups is 2. The summed E-state index contributed by atoms with van der Waals surface area (Å²) in [5.74, 6) is 0.591. The Bertz CT molecular complexity index is 1010. The fourth-order valence-corrected chi connectivity index (χ4v) is 4.53. The zero-order valence-electron chi connectivity index (χ0n) is 17.3. The standard InChI is InChI=1S/C21H26N2O6S/c1-21(2,3)29-20(25)23-11-9-16(10-12-23)22-30(26,27)18-6-4-5-15(13-18)19-8-7-17(14-24)28-19/h4-8,13-14,16,22H,9-12H2,1-3H3. The summed E-state index contributed by atoms with van der Waals surface area (Å²) in [7, 11) is -3.75. The maximum Gasteiger partial charge on any atom is 0.410 e. The summed E-state index contributed by atoms with van der Waals surface area (Å²) in [6.07, 6.45) is 1.21. The summed E-state index contributed by atoms with van der Waals surface area (Å²) in [5, 5.41) is 0. The van der Waals surface area contributed by atoms with Crippen molar-refractivity contribution < 1.29 is 27.2 Å². The maximum absolute atomic E-state index is 12.8. The number of rotatable bonds is 5. The van der Waals surface area contributed by atoms with Gasteiger partial charge in [-0.2, -0.15) is 0 Å². The summed E-state index contributed by atoms with van der Waals surface area (Å²) in [5.41, 5.74) is -0.00759. The first-order valence-corrected chi connectivity index (χ1v) is 11.2. The van der Waals surface area contributed by atoms with E-state index in [1.165, 1.54) is 18.2 Å². The van der Waals surface area contributed by atoms with E-state index in [2.05, 4.69) is 4.72 Å². The second kappa shape index (κ2) is 8.61. The molecule has 2 aromatic rings. The van der Waals surface area contributed by atoms with Crippen LogP contribution in [-0.4, -0.2) is 50.4 Å². The average molecular weight is 435 g/mol. The van der Waals surface area contributed by atoms with E-state index in [-0.39, 0.29) is 22.8 Å². The van der Waals surface area contributed by atoms with Crippen molar-refractivity contribution in [3.8, 4) is 11.3 Å². The predicted octanol–water partition coefficient (Wildman–Crippen LogP) is 3.44. The summed E-state index contributed by atoms with van der Waals surface area (Å²) in [6.45, 7) is 6.26. The molecule has 3 rings (SSSR count). The number of furan rings is 1. The number of hydrogen-bond donors (Lipinski definition) is 1. The summed E-state index contributed by atoms with van der Waals surface area (Å²) >= 11 is 0. The van der Waals surface area contributed by atoms with Gasteiger partial charge >= 0.3 is 6.09 Å². The molecule has 9 heteroatoms. The molecule has 1 fully saturated rings. The zero-order chi connectivity index (χ0) is 21.9. The summed E-state index contributed by atoms with van der Waals surface area (Å²) < 4.78 is 39.1. The van der Waals surface area contributed by atoms with Crippen LogP contribution in [0.25, 0.3) is 11.3 Å². The number of nitrogens with one attached hydrogen (secondary N) is 1. The minimum atomic E-state index is -3.75. The molecular weight excluding hydrogens is 408 g/mol. The van der Waals surface area contributed by atoms with E-state index in [1.54, 1.807) is 23.1 Å². The van der Waals surface area contributed by atoms with Gasteiger partial charge in [0.2, 0.25) is 10.0 Å². The van der Waals surface area contributed by atoms with Crippen LogP contribution >= 0.6 is 0 Å². The Morgan fingerprint density at radius 2 is 1.90 bits per heavy atom. The molecule has 1 aromatic carbocycles. The van der Waals surface area contributed by atoms with Crippen molar-refractivity contribution in [3.05, 3.63) is 42.2 Å². The highest BCUT2D eigenvalue weighted by Crippen LogP contribution is 2.25. The number of hydrogen-bond acceptors (Lipinski definition) is 6. The van der Waals surface area contributed by atoms with Crippen LogP contribution in [0.4, 0.5) is 4.79 Å². The average Bonchev–Trinajstić information content (AvgIpc) is 3.16. The number of piperidine rings is 1. The van der Waals surface area contributed by atoms with Gasteiger partial charge in [-0.25, -0.2) is 17.9 Å². The largest absolute Gasteiger partial charge is 0.453 e. The topological polar surface area (TPSA) is 106 Å². The molecule has 0 bridgehead atoms. The van der Waals surface area contributed by atoms with Crippen molar-refractivity contribution in [2.24, 2.45) is 0 Å². The van der Waals surface area contributed by atoms with Crippen molar-refractivity contribution in [2.45, 2.75) is 50.2 Å². The SMILES string of the molecule is CC(C)(C)OC(=O)N1CCC(NS(=O)(=O)c2cccc(-c3ccc(C=O)o3)c2)CC1. The zero-order valence-corrected chi connectivity index (χ0v) is 18.1. The van der Waals surface area contributed by atoms with E-state index in [4.69, 9.17) is 9.15 Å². The maximum atomic E-state index is 12.8. The molecule has 1 aliphatic heterocycles. The Morgan fingerprint density at radius 1 is 1.20 bits per heavy atom. The number of sulfonamides is 1. The number of aldehydes is 1. The highest BCUT2D eigenvalue weighted by atomic mass is 32.2. The van der Waals surface area contributed by atoms with Gasteiger partial charge < -0.3 is 14.1 Å². The number of ether oxygens (including phenoxy) is 1. The van der Waals surface area contributed by atoms with Gasteiger partial charge in [-0.1, -0.05) is 12.1 Å². The Labute approximate surface area is 176 Å². The quantitative estimate of drug-likeness (QED) is 0.723. The predicted molar refractivity (Wildman–Crippen MR) is 111 cm³/mol. The lowest BCUT2D eigenvalue weighted by Gasteiger charge is -2.33. The van der Waals surface area contributed by atoms with Crippen LogP contribution in [0.2, 0.25) is 0 Å². The van der Waals surface area contributed by atoms with Crippen LogP contribution in [0.15, 0.2) is 45.7 Å². The van der Waals surface area contributed by atoms with Gasteiger partial charge in [0, 0.05) is 24.7 Å². The first-order valence-electron chi connectivity index (χ1n) is 9.73. The van der Waals surface area contributed by atoms with E-state index in [0.717, 1.165) is 0 Å². The fraction of sp³-hybridized carbons (Fsp3) is 0.429. The van der Waals surface area contributed by atoms with E-state index in [0.29, 0.717) is 43.5 Å². The van der Waals surface area contributed by atoms with Crippen LogP contribution in [0, 0.1) is 0 Å². The molecule has 0 spiro atoms. The van der Waals surface area contributed by atoms with Crippen molar-refractivity contribution in [3.63, 3.8) is 0 Å². The lowest BCUT2D eigenvalue weighted by Crippen LogP contribution is -2.47. The van der Waals surface area contributed by atoms with Crippen LogP contribution < -0.4 is 4.72 Å². The molecule has 0 atom stereocenters. The number of nitrogens with zero attached hydrogens (tertiary/aromatic N) is 1. The van der Waals surface area contributed by atoms with Crippen LogP contribution in [0.5, 0.6) is 0 Å². The molecule has 162 valence electrons. The molecule has 2 heterocycles. The van der Waals surface area contributed by atoms with Crippen LogP contribution in [-0.2, 0) is 14.8 Å². The molecule has 8 nitrogen and oxygen atoms in total. The van der Waals surface area contributed by atoms with Crippen LogP contribution in [0.3, 0.4) is 0 Å². The van der Waals surface area contributed by atoms with Gasteiger partial charge in [-0.15, -0.1) is 0 Å². The lowest BCUT2D eigenvalue weighted by molar-refractivity contribution is 0.0203. The first-order chi connectivity index (χ1) is 14.1. The summed E-state index contributed by atoms with van der Waals surface area (Å²) in [6, 6.07) is 9.22. The Hall–Kier alpha value is -2.65. The van der Waals surface area contributed by atoms with E-state index < -0.39 is 15.6 Å². The third-order valence-electron chi connectivity index (χ3n) is 4.64. The van der Waals surface area contributed by atoms with Gasteiger partial charge in [0.15, 0.2) is 12.0 Å². The molecule has 1 saturated heterocycles. The molecule has 1 aromatic heterocycles. The Balaban J connectivity index is 1.64. The molecule has 1 N–H and O–H groups in total. The fourth-order valence-electron chi connectivity index (χ4n) is 3.18. The monoisotopic (exact) mass is 434 g/mol. The number of carbonyl (C=O) groups excluding carboxylic acids is 2. The molecule has 0 radical (unpaired) electrons. The molecule has 0 saturated carbocycles. The van der Waals surface area contributed by atoms with Gasteiger partial charge in [0.05, 0.1) is 4.90 Å². The van der Waals surface area contributed by atoms with Crippen molar-refractivity contribution in [2.75, 3.05) is 13.1 Å². The number of amides is 1. The van der Waals surface area contributed by atoms with Crippen molar-refractivity contribution in [1.82, 2.24) is 9.62 Å². The normalized spacial score (nSPS) is 15.8. The first kappa shape index (κ1) is 22.0. The van der Waals surface area contributed by atoms with E-state index in [1.807, 2.05) is 20.8 Å². The minimum Gasteiger partial charge on any atom is -0.453 e. The molecule has 30 heavy (non-hydrogen) atoms. The smallest absolute Gasteiger partial charge is 0.410 e. The Morgan fingerprint density at radius 3 is 2.50 bits per heavy atom. The van der Waals surface area contributed by atoms with Crippen LogP contribution in [0.1, 0.15) is 44.2 Å². The lowest BCUT2D eigenvalue weighted by atomic mass is 10.1. The second-order valence-corrected chi connectivity index (χ2v) is 9.92. The summed E-state index contributed by atoms with van der Waals surface area (Å²) in [4.78, 5) is 24.7. The molecular formula is C21H26N2O6S. The molecule has 1 aliphatic rings.